The number of anilines is 1. The number of hydrogen-bond donors (Lipinski definition) is 2. The molecule has 19 heavy (non-hydrogen) atoms. The van der Waals surface area contributed by atoms with Gasteiger partial charge in [0.1, 0.15) is 5.76 Å². The monoisotopic (exact) mass is 281 g/mol. The van der Waals surface area contributed by atoms with E-state index >= 15 is 0 Å². The predicted molar refractivity (Wildman–Crippen MR) is 71.3 cm³/mol. The van der Waals surface area contributed by atoms with Crippen LogP contribution >= 0.6 is 0 Å². The number of rotatable bonds is 5. The predicted octanol–water partition coefficient (Wildman–Crippen LogP) is 1.50. The molecule has 6 nitrogen and oxygen atoms in total. The van der Waals surface area contributed by atoms with Crippen molar-refractivity contribution in [2.45, 2.75) is 18.6 Å². The molecule has 0 radical (unpaired) electrons. The van der Waals surface area contributed by atoms with Gasteiger partial charge in [0.05, 0.1) is 18.4 Å². The van der Waals surface area contributed by atoms with Gasteiger partial charge in [-0.05, 0) is 38.2 Å². The molecule has 2 heterocycles. The summed E-state index contributed by atoms with van der Waals surface area (Å²) in [6.45, 7) is 2.30. The van der Waals surface area contributed by atoms with E-state index in [4.69, 9.17) is 4.42 Å². The average Bonchev–Trinajstić information content (AvgIpc) is 2.82. The van der Waals surface area contributed by atoms with Crippen LogP contribution in [0.2, 0.25) is 0 Å². The van der Waals surface area contributed by atoms with E-state index in [1.54, 1.807) is 25.2 Å². The van der Waals surface area contributed by atoms with Crippen LogP contribution in [0.1, 0.15) is 11.5 Å². The Morgan fingerprint density at radius 1 is 1.26 bits per heavy atom. The molecule has 0 saturated heterocycles. The maximum Gasteiger partial charge on any atom is 0.295 e. The van der Waals surface area contributed by atoms with Crippen LogP contribution in [0.5, 0.6) is 0 Å². The average molecular weight is 281 g/mol. The standard InChI is InChI=1S/C12H15N3O3S/c1-9-3-4-10(7-14-9)15-19(16,17)12-6-5-11(18-12)8-13-2/h3-7,13,15H,8H2,1-2H3. The van der Waals surface area contributed by atoms with Crippen molar-refractivity contribution in [2.75, 3.05) is 11.8 Å². The number of pyridine rings is 1. The molecule has 0 aliphatic heterocycles. The number of aryl methyl sites for hydroxylation is 1. The highest BCUT2D eigenvalue weighted by Crippen LogP contribution is 2.18. The van der Waals surface area contributed by atoms with Gasteiger partial charge in [-0.1, -0.05) is 0 Å². The van der Waals surface area contributed by atoms with E-state index in [2.05, 4.69) is 15.0 Å². The van der Waals surface area contributed by atoms with Gasteiger partial charge in [-0.25, -0.2) is 0 Å². The summed E-state index contributed by atoms with van der Waals surface area (Å²) in [6.07, 6.45) is 1.46. The maximum absolute atomic E-state index is 12.1. The van der Waals surface area contributed by atoms with Gasteiger partial charge in [0.2, 0.25) is 5.09 Å². The Morgan fingerprint density at radius 2 is 2.05 bits per heavy atom. The smallest absolute Gasteiger partial charge is 0.295 e. The largest absolute Gasteiger partial charge is 0.446 e. The van der Waals surface area contributed by atoms with E-state index in [0.29, 0.717) is 18.0 Å². The highest BCUT2D eigenvalue weighted by Gasteiger charge is 2.18. The number of nitrogens with one attached hydrogen (secondary N) is 2. The van der Waals surface area contributed by atoms with E-state index in [1.165, 1.54) is 12.3 Å². The third-order valence-electron chi connectivity index (χ3n) is 2.42. The minimum atomic E-state index is -3.71. The molecule has 0 bridgehead atoms. The van der Waals surface area contributed by atoms with E-state index in [-0.39, 0.29) is 5.09 Å². The van der Waals surface area contributed by atoms with Crippen molar-refractivity contribution in [3.8, 4) is 0 Å². The highest BCUT2D eigenvalue weighted by atomic mass is 32.2. The van der Waals surface area contributed by atoms with Gasteiger partial charge in [-0.2, -0.15) is 8.42 Å². The fourth-order valence-electron chi connectivity index (χ4n) is 1.51. The molecule has 0 saturated carbocycles. The minimum Gasteiger partial charge on any atom is -0.446 e. The van der Waals surface area contributed by atoms with Gasteiger partial charge in [0, 0.05) is 5.69 Å². The quantitative estimate of drug-likeness (QED) is 0.867. The third kappa shape index (κ3) is 3.33. The third-order valence-corrected chi connectivity index (χ3v) is 3.67. The van der Waals surface area contributed by atoms with E-state index in [0.717, 1.165) is 5.69 Å². The molecule has 0 aromatic carbocycles. The van der Waals surface area contributed by atoms with Crippen molar-refractivity contribution in [1.29, 1.82) is 0 Å². The van der Waals surface area contributed by atoms with Crippen LogP contribution in [-0.4, -0.2) is 20.4 Å². The Labute approximate surface area is 111 Å². The summed E-state index contributed by atoms with van der Waals surface area (Å²) in [6, 6.07) is 6.43. The second-order valence-electron chi connectivity index (χ2n) is 4.04. The molecule has 0 unspecified atom stereocenters. The zero-order valence-electron chi connectivity index (χ0n) is 10.7. The minimum absolute atomic E-state index is 0.113. The molecule has 0 atom stereocenters. The lowest BCUT2D eigenvalue weighted by Gasteiger charge is -2.05. The summed E-state index contributed by atoms with van der Waals surface area (Å²) in [4.78, 5) is 4.02. The molecule has 2 aromatic heterocycles. The number of hydrogen-bond acceptors (Lipinski definition) is 5. The molecule has 2 aromatic rings. The summed E-state index contributed by atoms with van der Waals surface area (Å²) in [7, 11) is -1.95. The molecular weight excluding hydrogens is 266 g/mol. The van der Waals surface area contributed by atoms with Crippen molar-refractivity contribution in [2.24, 2.45) is 0 Å². The highest BCUT2D eigenvalue weighted by molar-refractivity contribution is 7.92. The van der Waals surface area contributed by atoms with Crippen LogP contribution in [-0.2, 0) is 16.6 Å². The SMILES string of the molecule is CNCc1ccc(S(=O)(=O)Nc2ccc(C)nc2)o1. The normalized spacial score (nSPS) is 11.5. The Bertz CT molecular complexity index is 647. The first-order valence-corrected chi connectivity index (χ1v) is 7.18. The van der Waals surface area contributed by atoms with Crippen molar-refractivity contribution in [3.05, 3.63) is 41.9 Å². The molecule has 102 valence electrons. The second-order valence-corrected chi connectivity index (χ2v) is 5.66. The van der Waals surface area contributed by atoms with E-state index in [9.17, 15) is 8.42 Å². The topological polar surface area (TPSA) is 84.2 Å². The van der Waals surface area contributed by atoms with Gasteiger partial charge >= 0.3 is 0 Å². The van der Waals surface area contributed by atoms with Gasteiger partial charge in [0.25, 0.3) is 10.0 Å². The van der Waals surface area contributed by atoms with Gasteiger partial charge in [-0.15, -0.1) is 0 Å². The van der Waals surface area contributed by atoms with Crippen molar-refractivity contribution in [3.63, 3.8) is 0 Å². The van der Waals surface area contributed by atoms with Gasteiger partial charge < -0.3 is 9.73 Å². The van der Waals surface area contributed by atoms with Gasteiger partial charge in [-0.3, -0.25) is 9.71 Å². The molecule has 2 rings (SSSR count). The Kier molecular flexibility index (Phi) is 3.87. The lowest BCUT2D eigenvalue weighted by atomic mass is 10.4. The summed E-state index contributed by atoms with van der Waals surface area (Å²) < 4.78 is 31.8. The Morgan fingerprint density at radius 3 is 2.68 bits per heavy atom. The van der Waals surface area contributed by atoms with E-state index in [1.807, 2.05) is 6.92 Å². The van der Waals surface area contributed by atoms with Crippen LogP contribution in [0.25, 0.3) is 0 Å². The fraction of sp³-hybridized carbons (Fsp3) is 0.250. The summed E-state index contributed by atoms with van der Waals surface area (Å²) >= 11 is 0. The summed E-state index contributed by atoms with van der Waals surface area (Å²) in [5.41, 5.74) is 1.22. The van der Waals surface area contributed by atoms with Crippen LogP contribution in [0.15, 0.2) is 40.0 Å². The Hall–Kier alpha value is -1.86. The molecule has 7 heteroatoms. The van der Waals surface area contributed by atoms with Crippen LogP contribution in [0.4, 0.5) is 5.69 Å². The summed E-state index contributed by atoms with van der Waals surface area (Å²) in [5.74, 6) is 0.560. The molecular formula is C12H15N3O3S. The first-order chi connectivity index (χ1) is 9.01. The molecule has 2 N–H and O–H groups in total. The van der Waals surface area contributed by atoms with Crippen molar-refractivity contribution >= 4 is 15.7 Å². The van der Waals surface area contributed by atoms with Crippen molar-refractivity contribution in [1.82, 2.24) is 10.3 Å². The summed E-state index contributed by atoms with van der Waals surface area (Å²) in [5, 5.41) is 2.77. The molecule has 0 amide bonds. The van der Waals surface area contributed by atoms with Crippen LogP contribution in [0, 0.1) is 6.92 Å². The van der Waals surface area contributed by atoms with Crippen LogP contribution in [0.3, 0.4) is 0 Å². The number of sulfonamides is 1. The maximum atomic E-state index is 12.1. The first-order valence-electron chi connectivity index (χ1n) is 5.70. The van der Waals surface area contributed by atoms with Crippen molar-refractivity contribution < 1.29 is 12.8 Å². The molecule has 0 aliphatic rings. The zero-order valence-corrected chi connectivity index (χ0v) is 11.5. The Balaban J connectivity index is 2.19. The number of furan rings is 1. The van der Waals surface area contributed by atoms with Gasteiger partial charge in [0.15, 0.2) is 0 Å². The van der Waals surface area contributed by atoms with E-state index < -0.39 is 10.0 Å². The zero-order chi connectivity index (χ0) is 13.9. The lowest BCUT2D eigenvalue weighted by molar-refractivity contribution is 0.408. The number of aromatic nitrogens is 1. The molecule has 0 fully saturated rings. The molecule has 0 spiro atoms. The first kappa shape index (κ1) is 13.6. The second kappa shape index (κ2) is 5.41. The number of nitrogens with zero attached hydrogens (tertiary/aromatic N) is 1. The van der Waals surface area contributed by atoms with Crippen LogP contribution < -0.4 is 10.0 Å². The fourth-order valence-corrected chi connectivity index (χ4v) is 2.50. The molecule has 0 aliphatic carbocycles. The lowest BCUT2D eigenvalue weighted by Crippen LogP contribution is -2.12.